The maximum atomic E-state index is 12.5. The zero-order valence-corrected chi connectivity index (χ0v) is 10.8. The van der Waals surface area contributed by atoms with Crippen LogP contribution in [0.25, 0.3) is 0 Å². The van der Waals surface area contributed by atoms with Crippen LogP contribution in [0.15, 0.2) is 18.2 Å². The van der Waals surface area contributed by atoms with Crippen LogP contribution >= 0.6 is 0 Å². The first-order valence-corrected chi connectivity index (χ1v) is 6.45. The summed E-state index contributed by atoms with van der Waals surface area (Å²) in [5.41, 5.74) is -0.911. The van der Waals surface area contributed by atoms with Crippen molar-refractivity contribution in [3.05, 3.63) is 29.3 Å². The number of hydrogen-bond acceptors (Lipinski definition) is 3. The minimum Gasteiger partial charge on any atom is -0.492 e. The van der Waals surface area contributed by atoms with Gasteiger partial charge in [-0.1, -0.05) is 0 Å². The van der Waals surface area contributed by atoms with Gasteiger partial charge >= 0.3 is 6.18 Å². The van der Waals surface area contributed by atoms with Crippen molar-refractivity contribution < 1.29 is 17.9 Å². The van der Waals surface area contributed by atoms with E-state index in [1.807, 2.05) is 0 Å². The summed E-state index contributed by atoms with van der Waals surface area (Å²) in [5.74, 6) is 0.751. The van der Waals surface area contributed by atoms with E-state index in [1.165, 1.54) is 6.07 Å². The highest BCUT2D eigenvalue weighted by molar-refractivity contribution is 5.46. The van der Waals surface area contributed by atoms with Crippen molar-refractivity contribution in [2.75, 3.05) is 19.7 Å². The summed E-state index contributed by atoms with van der Waals surface area (Å²) < 4.78 is 43.0. The van der Waals surface area contributed by atoms with Crippen molar-refractivity contribution in [1.29, 1.82) is 5.26 Å². The second-order valence-corrected chi connectivity index (χ2v) is 4.82. The minimum absolute atomic E-state index is 0.0793. The normalized spacial score (nSPS) is 18.8. The average molecular weight is 284 g/mol. The molecule has 1 saturated heterocycles. The van der Waals surface area contributed by atoms with Crippen LogP contribution in [0, 0.1) is 17.2 Å². The minimum atomic E-state index is -4.44. The molecule has 0 bridgehead atoms. The van der Waals surface area contributed by atoms with E-state index >= 15 is 0 Å². The van der Waals surface area contributed by atoms with Gasteiger partial charge in [0, 0.05) is 0 Å². The van der Waals surface area contributed by atoms with Gasteiger partial charge in [0.1, 0.15) is 11.8 Å². The third kappa shape index (κ3) is 3.64. The van der Waals surface area contributed by atoms with Crippen molar-refractivity contribution >= 4 is 0 Å². The van der Waals surface area contributed by atoms with E-state index in [0.29, 0.717) is 12.5 Å². The summed E-state index contributed by atoms with van der Waals surface area (Å²) in [4.78, 5) is 0. The highest BCUT2D eigenvalue weighted by atomic mass is 19.4. The van der Waals surface area contributed by atoms with Crippen LogP contribution in [0.3, 0.4) is 0 Å². The van der Waals surface area contributed by atoms with Gasteiger partial charge in [-0.25, -0.2) is 0 Å². The van der Waals surface area contributed by atoms with E-state index in [9.17, 15) is 13.2 Å². The topological polar surface area (TPSA) is 45.0 Å². The van der Waals surface area contributed by atoms with Gasteiger partial charge in [0.25, 0.3) is 0 Å². The molecule has 0 aromatic heterocycles. The van der Waals surface area contributed by atoms with Crippen LogP contribution in [0.1, 0.15) is 24.0 Å². The number of nitriles is 1. The van der Waals surface area contributed by atoms with Crippen molar-refractivity contribution in [3.63, 3.8) is 0 Å². The molecule has 108 valence electrons. The number of alkyl halides is 3. The van der Waals surface area contributed by atoms with Crippen LogP contribution in [0.2, 0.25) is 0 Å². The molecule has 0 saturated carbocycles. The Balaban J connectivity index is 1.99. The number of benzene rings is 1. The third-order valence-electron chi connectivity index (χ3n) is 3.37. The third-order valence-corrected chi connectivity index (χ3v) is 3.37. The smallest absolute Gasteiger partial charge is 0.416 e. The number of halogens is 3. The lowest BCUT2D eigenvalue weighted by molar-refractivity contribution is -0.137. The molecule has 20 heavy (non-hydrogen) atoms. The molecule has 1 N–H and O–H groups in total. The molecule has 1 aliphatic heterocycles. The van der Waals surface area contributed by atoms with Gasteiger partial charge in [-0.15, -0.1) is 0 Å². The maximum Gasteiger partial charge on any atom is 0.416 e. The molecule has 1 unspecified atom stereocenters. The molecule has 0 aliphatic carbocycles. The summed E-state index contributed by atoms with van der Waals surface area (Å²) in [5, 5.41) is 12.1. The molecule has 0 amide bonds. The van der Waals surface area contributed by atoms with Crippen LogP contribution in [0.4, 0.5) is 13.2 Å². The number of hydrogen-bond donors (Lipinski definition) is 1. The first kappa shape index (κ1) is 14.7. The number of nitrogens with one attached hydrogen (secondary N) is 1. The SMILES string of the molecule is N#Cc1cc(C(F)(F)F)ccc1OCCC1CCNC1. The Hall–Kier alpha value is -1.74. The van der Waals surface area contributed by atoms with Crippen molar-refractivity contribution in [2.45, 2.75) is 19.0 Å². The molecule has 3 nitrogen and oxygen atoms in total. The summed E-state index contributed by atoms with van der Waals surface area (Å²) in [6.45, 7) is 2.35. The molecule has 1 aliphatic rings. The van der Waals surface area contributed by atoms with Crippen molar-refractivity contribution in [2.24, 2.45) is 5.92 Å². The van der Waals surface area contributed by atoms with E-state index < -0.39 is 11.7 Å². The molecule has 1 atom stereocenters. The summed E-state index contributed by atoms with van der Waals surface area (Å²) in [7, 11) is 0. The molecular weight excluding hydrogens is 269 g/mol. The molecule has 6 heteroatoms. The maximum absolute atomic E-state index is 12.5. The monoisotopic (exact) mass is 284 g/mol. The van der Waals surface area contributed by atoms with Gasteiger partial charge in [-0.3, -0.25) is 0 Å². The van der Waals surface area contributed by atoms with Gasteiger partial charge in [0.15, 0.2) is 0 Å². The molecule has 1 aromatic carbocycles. The summed E-state index contributed by atoms with van der Waals surface area (Å²) in [6, 6.07) is 4.73. The van der Waals surface area contributed by atoms with Gasteiger partial charge in [-0.05, 0) is 50.0 Å². The second kappa shape index (κ2) is 6.14. The van der Waals surface area contributed by atoms with Gasteiger partial charge < -0.3 is 10.1 Å². The summed E-state index contributed by atoms with van der Waals surface area (Å²) >= 11 is 0. The largest absolute Gasteiger partial charge is 0.492 e. The Labute approximate surface area is 115 Å². The fourth-order valence-corrected chi connectivity index (χ4v) is 2.22. The van der Waals surface area contributed by atoms with E-state index in [0.717, 1.165) is 38.1 Å². The zero-order chi connectivity index (χ0) is 14.6. The fourth-order valence-electron chi connectivity index (χ4n) is 2.22. The van der Waals surface area contributed by atoms with Gasteiger partial charge in [0.05, 0.1) is 17.7 Å². The molecule has 1 aromatic rings. The van der Waals surface area contributed by atoms with Crippen molar-refractivity contribution in [1.82, 2.24) is 5.32 Å². The Kier molecular flexibility index (Phi) is 4.50. The van der Waals surface area contributed by atoms with E-state index in [1.54, 1.807) is 6.07 Å². The first-order valence-electron chi connectivity index (χ1n) is 6.45. The highest BCUT2D eigenvalue weighted by Crippen LogP contribution is 2.32. The fraction of sp³-hybridized carbons (Fsp3) is 0.500. The molecule has 0 radical (unpaired) electrons. The van der Waals surface area contributed by atoms with Gasteiger partial charge in [-0.2, -0.15) is 18.4 Å². The lowest BCUT2D eigenvalue weighted by Crippen LogP contribution is -2.12. The van der Waals surface area contributed by atoms with Crippen LogP contribution in [-0.4, -0.2) is 19.7 Å². The average Bonchev–Trinajstić information content (AvgIpc) is 2.91. The molecule has 1 heterocycles. The van der Waals surface area contributed by atoms with Crippen LogP contribution in [-0.2, 0) is 6.18 Å². The van der Waals surface area contributed by atoms with E-state index in [-0.39, 0.29) is 11.3 Å². The lowest BCUT2D eigenvalue weighted by Gasteiger charge is -2.12. The molecule has 2 rings (SSSR count). The first-order chi connectivity index (χ1) is 9.50. The predicted molar refractivity (Wildman–Crippen MR) is 67.2 cm³/mol. The second-order valence-electron chi connectivity index (χ2n) is 4.82. The van der Waals surface area contributed by atoms with Crippen LogP contribution < -0.4 is 10.1 Å². The number of ether oxygens (including phenoxy) is 1. The quantitative estimate of drug-likeness (QED) is 0.924. The summed E-state index contributed by atoms with van der Waals surface area (Å²) in [6.07, 6.45) is -2.53. The zero-order valence-electron chi connectivity index (χ0n) is 10.8. The van der Waals surface area contributed by atoms with Gasteiger partial charge in [0.2, 0.25) is 0 Å². The Morgan fingerprint density at radius 1 is 1.40 bits per heavy atom. The van der Waals surface area contributed by atoms with Crippen LogP contribution in [0.5, 0.6) is 5.75 Å². The van der Waals surface area contributed by atoms with E-state index in [2.05, 4.69) is 5.32 Å². The standard InChI is InChI=1S/C14H15F3N2O/c15-14(16,17)12-1-2-13(11(7-12)8-18)20-6-4-10-3-5-19-9-10/h1-2,7,10,19H,3-6,9H2. The predicted octanol–water partition coefficient (Wildman–Crippen LogP) is 2.96. The number of rotatable bonds is 4. The molecular formula is C14H15F3N2O. The molecule has 1 fully saturated rings. The van der Waals surface area contributed by atoms with E-state index in [4.69, 9.17) is 10.00 Å². The Morgan fingerprint density at radius 3 is 2.80 bits per heavy atom. The highest BCUT2D eigenvalue weighted by Gasteiger charge is 2.31. The Morgan fingerprint density at radius 2 is 2.20 bits per heavy atom. The number of nitrogens with zero attached hydrogens (tertiary/aromatic N) is 1. The lowest BCUT2D eigenvalue weighted by atomic mass is 10.1. The molecule has 0 spiro atoms. The Bertz CT molecular complexity index is 502. The van der Waals surface area contributed by atoms with Crippen molar-refractivity contribution in [3.8, 4) is 11.8 Å².